The summed E-state index contributed by atoms with van der Waals surface area (Å²) in [4.78, 5) is 31.2. The van der Waals surface area contributed by atoms with Crippen molar-refractivity contribution in [3.8, 4) is 0 Å². The second kappa shape index (κ2) is 11.2. The predicted molar refractivity (Wildman–Crippen MR) is 139 cm³/mol. The molecule has 0 aliphatic heterocycles. The van der Waals surface area contributed by atoms with Crippen LogP contribution in [0.5, 0.6) is 0 Å². The van der Waals surface area contributed by atoms with E-state index in [4.69, 9.17) is 16.3 Å². The summed E-state index contributed by atoms with van der Waals surface area (Å²) in [7, 11) is 0. The van der Waals surface area contributed by atoms with E-state index in [0.29, 0.717) is 35.9 Å². The highest BCUT2D eigenvalue weighted by atomic mass is 35.5. The topological polar surface area (TPSA) is 104 Å². The molecular weight excluding hydrogens is 480 g/mol. The zero-order chi connectivity index (χ0) is 25.9. The van der Waals surface area contributed by atoms with Gasteiger partial charge in [0.25, 0.3) is 5.91 Å². The van der Waals surface area contributed by atoms with Crippen LogP contribution in [0.15, 0.2) is 12.3 Å². The number of aromatic nitrogens is 1. The molecule has 200 valence electrons. The van der Waals surface area contributed by atoms with Gasteiger partial charge in [0.15, 0.2) is 0 Å². The molecule has 4 saturated carbocycles. The molecule has 0 saturated heterocycles. The number of aliphatic hydroxyl groups is 1. The van der Waals surface area contributed by atoms with E-state index in [1.165, 1.54) is 49.6 Å². The van der Waals surface area contributed by atoms with Gasteiger partial charge in [0.2, 0.25) is 0 Å². The summed E-state index contributed by atoms with van der Waals surface area (Å²) < 4.78 is 5.40. The summed E-state index contributed by atoms with van der Waals surface area (Å²) in [5.41, 5.74) is 0.815. The highest BCUT2D eigenvalue weighted by Gasteiger charge is 2.50. The maximum Gasteiger partial charge on any atom is 0.410 e. The summed E-state index contributed by atoms with van der Waals surface area (Å²) >= 11 is 6.35. The summed E-state index contributed by atoms with van der Waals surface area (Å²) in [6.07, 6.45) is 8.96. The zero-order valence-corrected chi connectivity index (χ0v) is 22.6. The molecule has 4 bridgehead atoms. The van der Waals surface area contributed by atoms with Gasteiger partial charge >= 0.3 is 6.09 Å². The third kappa shape index (κ3) is 6.90. The number of carbonyl (C=O) groups excluding carboxylic acids is 2. The minimum Gasteiger partial charge on any atom is -0.444 e. The zero-order valence-electron chi connectivity index (χ0n) is 21.8. The quantitative estimate of drug-likeness (QED) is 0.403. The third-order valence-electron chi connectivity index (χ3n) is 7.83. The average molecular weight is 521 g/mol. The fraction of sp³-hybridized carbons (Fsp3) is 0.741. The van der Waals surface area contributed by atoms with Crippen LogP contribution in [0.4, 0.5) is 4.79 Å². The molecule has 2 amide bonds. The first-order valence-corrected chi connectivity index (χ1v) is 13.7. The number of carbonyl (C=O) groups is 2. The molecule has 8 nitrogen and oxygen atoms in total. The van der Waals surface area contributed by atoms with Crippen LogP contribution in [0.1, 0.15) is 75.3 Å². The Hall–Kier alpha value is -1.90. The van der Waals surface area contributed by atoms with Crippen LogP contribution < -0.4 is 10.6 Å². The average Bonchev–Trinajstić information content (AvgIpc) is 2.78. The molecule has 0 unspecified atom stereocenters. The van der Waals surface area contributed by atoms with E-state index in [-0.39, 0.29) is 24.5 Å². The van der Waals surface area contributed by atoms with Crippen molar-refractivity contribution in [1.82, 2.24) is 20.5 Å². The molecule has 0 spiro atoms. The number of hydrogen-bond acceptors (Lipinski definition) is 6. The van der Waals surface area contributed by atoms with Crippen molar-refractivity contribution in [2.45, 2.75) is 71.4 Å². The molecule has 0 atom stereocenters. The molecule has 4 aliphatic carbocycles. The first kappa shape index (κ1) is 27.1. The van der Waals surface area contributed by atoms with E-state index in [0.717, 1.165) is 24.3 Å². The van der Waals surface area contributed by atoms with E-state index < -0.39 is 11.7 Å². The van der Waals surface area contributed by atoms with Crippen LogP contribution in [-0.4, -0.2) is 65.4 Å². The minimum atomic E-state index is -0.599. The number of nitrogens with zero attached hydrogens (tertiary/aromatic N) is 2. The SMILES string of the molecule is CC(C)(C)OC(=O)N(CCO)CCNCc1cc(C(=O)NCC23CC4CC(CC(C4)C2)C3)c(Cl)cn1. The van der Waals surface area contributed by atoms with Crippen LogP contribution in [0.25, 0.3) is 0 Å². The third-order valence-corrected chi connectivity index (χ3v) is 8.13. The molecule has 0 radical (unpaired) electrons. The van der Waals surface area contributed by atoms with Crippen LogP contribution in [0, 0.1) is 23.2 Å². The van der Waals surface area contributed by atoms with E-state index >= 15 is 0 Å². The number of rotatable bonds is 10. The molecule has 4 aliphatic rings. The standard InChI is InChI=1S/C27H41ClN4O4/c1-26(2,3)36-25(35)32(6-7-33)5-4-29-15-21-11-22(23(28)16-30-21)24(34)31-17-27-12-18-8-19(13-27)10-20(9-18)14-27/h11,16,18-20,29,33H,4-10,12-15,17H2,1-3H3,(H,31,34). The van der Waals surface area contributed by atoms with Crippen molar-refractivity contribution in [1.29, 1.82) is 0 Å². The van der Waals surface area contributed by atoms with Crippen molar-refractivity contribution >= 4 is 23.6 Å². The number of aliphatic hydroxyl groups excluding tert-OH is 1. The number of nitrogens with one attached hydrogen (secondary N) is 2. The normalized spacial score (nSPS) is 26.6. The molecule has 36 heavy (non-hydrogen) atoms. The molecular formula is C27H41ClN4O4. The minimum absolute atomic E-state index is 0.139. The van der Waals surface area contributed by atoms with Crippen molar-refractivity contribution in [2.24, 2.45) is 23.2 Å². The van der Waals surface area contributed by atoms with Gasteiger partial charge in [-0.25, -0.2) is 4.79 Å². The van der Waals surface area contributed by atoms with Crippen LogP contribution in [0.3, 0.4) is 0 Å². The lowest BCUT2D eigenvalue weighted by atomic mass is 9.49. The Morgan fingerprint density at radius 2 is 1.81 bits per heavy atom. The maximum atomic E-state index is 13.1. The highest BCUT2D eigenvalue weighted by Crippen LogP contribution is 2.59. The number of halogens is 1. The van der Waals surface area contributed by atoms with Gasteiger partial charge in [-0.2, -0.15) is 0 Å². The Labute approximate surface area is 219 Å². The summed E-state index contributed by atoms with van der Waals surface area (Å²) in [6, 6.07) is 1.74. The lowest BCUT2D eigenvalue weighted by molar-refractivity contribution is -0.0503. The molecule has 3 N–H and O–H groups in total. The van der Waals surface area contributed by atoms with Gasteiger partial charge in [-0.1, -0.05) is 11.6 Å². The van der Waals surface area contributed by atoms with E-state index in [2.05, 4.69) is 15.6 Å². The highest BCUT2D eigenvalue weighted by molar-refractivity contribution is 6.33. The smallest absolute Gasteiger partial charge is 0.410 e. The second-order valence-electron chi connectivity index (χ2n) is 12.1. The van der Waals surface area contributed by atoms with E-state index in [1.807, 2.05) is 20.8 Å². The van der Waals surface area contributed by atoms with Crippen molar-refractivity contribution in [2.75, 3.05) is 32.8 Å². The second-order valence-corrected chi connectivity index (χ2v) is 12.5. The molecule has 1 aromatic rings. The van der Waals surface area contributed by atoms with Gasteiger partial charge in [0, 0.05) is 38.9 Å². The molecule has 5 rings (SSSR count). The molecule has 0 aromatic carbocycles. The van der Waals surface area contributed by atoms with Gasteiger partial charge < -0.3 is 25.4 Å². The van der Waals surface area contributed by atoms with Crippen LogP contribution in [0.2, 0.25) is 5.02 Å². The molecule has 1 aromatic heterocycles. The first-order chi connectivity index (χ1) is 17.1. The van der Waals surface area contributed by atoms with Crippen molar-refractivity contribution in [3.05, 3.63) is 28.5 Å². The van der Waals surface area contributed by atoms with Crippen molar-refractivity contribution in [3.63, 3.8) is 0 Å². The number of ether oxygens (including phenoxy) is 1. The van der Waals surface area contributed by atoms with Gasteiger partial charge in [-0.05, 0) is 88.5 Å². The Balaban J connectivity index is 1.27. The van der Waals surface area contributed by atoms with Crippen molar-refractivity contribution < 1.29 is 19.4 Å². The Morgan fingerprint density at radius 1 is 1.17 bits per heavy atom. The van der Waals surface area contributed by atoms with Crippen LogP contribution in [-0.2, 0) is 11.3 Å². The fourth-order valence-corrected chi connectivity index (χ4v) is 6.98. The largest absolute Gasteiger partial charge is 0.444 e. The lowest BCUT2D eigenvalue weighted by Gasteiger charge is -2.56. The number of pyridine rings is 1. The fourth-order valence-electron chi connectivity index (χ4n) is 6.79. The monoisotopic (exact) mass is 520 g/mol. The molecule has 4 fully saturated rings. The van der Waals surface area contributed by atoms with Gasteiger partial charge in [-0.3, -0.25) is 9.78 Å². The number of amides is 2. The summed E-state index contributed by atoms with van der Waals surface area (Å²) in [5.74, 6) is 2.40. The van der Waals surface area contributed by atoms with Gasteiger partial charge in [-0.15, -0.1) is 0 Å². The summed E-state index contributed by atoms with van der Waals surface area (Å²) in [6.45, 7) is 7.50. The Bertz CT molecular complexity index is 913. The van der Waals surface area contributed by atoms with Crippen LogP contribution >= 0.6 is 11.6 Å². The molecule has 9 heteroatoms. The molecule has 1 heterocycles. The Kier molecular flexibility index (Phi) is 8.47. The van der Waals surface area contributed by atoms with E-state index in [9.17, 15) is 14.7 Å². The predicted octanol–water partition coefficient (Wildman–Crippen LogP) is 4.00. The lowest BCUT2D eigenvalue weighted by Crippen LogP contribution is -2.51. The van der Waals surface area contributed by atoms with Gasteiger partial charge in [0.1, 0.15) is 5.60 Å². The van der Waals surface area contributed by atoms with Gasteiger partial charge in [0.05, 0.1) is 22.9 Å². The summed E-state index contributed by atoms with van der Waals surface area (Å²) in [5, 5.41) is 16.1. The number of hydrogen-bond donors (Lipinski definition) is 3. The Morgan fingerprint density at radius 3 is 2.39 bits per heavy atom. The maximum absolute atomic E-state index is 13.1. The first-order valence-electron chi connectivity index (χ1n) is 13.3. The van der Waals surface area contributed by atoms with E-state index in [1.54, 1.807) is 6.07 Å².